The van der Waals surface area contributed by atoms with Crippen LogP contribution in [0.25, 0.3) is 0 Å². The molecule has 0 radical (unpaired) electrons. The van der Waals surface area contributed by atoms with Gasteiger partial charge in [0.1, 0.15) is 0 Å². The van der Waals surface area contributed by atoms with Crippen molar-refractivity contribution < 1.29 is 4.79 Å². The average Bonchev–Trinajstić information content (AvgIpc) is 3.15. The molecule has 1 atom stereocenters. The van der Waals surface area contributed by atoms with Gasteiger partial charge in [0, 0.05) is 70.0 Å². The van der Waals surface area contributed by atoms with Gasteiger partial charge < -0.3 is 15.1 Å². The molecule has 0 unspecified atom stereocenters. The van der Waals surface area contributed by atoms with Crippen LogP contribution in [0.1, 0.15) is 13.3 Å². The van der Waals surface area contributed by atoms with E-state index in [1.54, 1.807) is 18.6 Å². The van der Waals surface area contributed by atoms with Crippen LogP contribution in [-0.4, -0.2) is 69.3 Å². The van der Waals surface area contributed by atoms with Crippen molar-refractivity contribution in [3.05, 3.63) is 36.9 Å². The van der Waals surface area contributed by atoms with Crippen LogP contribution in [0.15, 0.2) is 36.9 Å². The second-order valence-electron chi connectivity index (χ2n) is 6.25. The molecule has 1 saturated heterocycles. The molecular weight excluding hydrogens is 318 g/mol. The van der Waals surface area contributed by atoms with Crippen LogP contribution in [0.2, 0.25) is 0 Å². The highest BCUT2D eigenvalue weighted by Gasteiger charge is 2.22. The summed E-state index contributed by atoms with van der Waals surface area (Å²) in [5, 5.41) is 7.58. The summed E-state index contributed by atoms with van der Waals surface area (Å²) in [6.07, 6.45) is 7.73. The zero-order chi connectivity index (χ0) is 17.5. The smallest absolute Gasteiger partial charge is 0.225 e. The lowest BCUT2D eigenvalue weighted by atomic mass is 10.2. The van der Waals surface area contributed by atoms with Gasteiger partial charge in [0.05, 0.1) is 6.54 Å². The normalized spacial score (nSPS) is 16.0. The maximum atomic E-state index is 12.4. The zero-order valence-electron chi connectivity index (χ0n) is 14.6. The highest BCUT2D eigenvalue weighted by molar-refractivity contribution is 5.76. The number of anilines is 1. The highest BCUT2D eigenvalue weighted by atomic mass is 16.2. The van der Waals surface area contributed by atoms with Crippen molar-refractivity contribution in [1.29, 1.82) is 0 Å². The van der Waals surface area contributed by atoms with Gasteiger partial charge in [-0.15, -0.1) is 0 Å². The van der Waals surface area contributed by atoms with E-state index >= 15 is 0 Å². The Hall–Kier alpha value is -2.48. The summed E-state index contributed by atoms with van der Waals surface area (Å²) in [5.74, 6) is 0.941. The third kappa shape index (κ3) is 4.99. The molecule has 1 amide bonds. The van der Waals surface area contributed by atoms with Gasteiger partial charge in [-0.1, -0.05) is 0 Å². The number of carbonyl (C=O) groups is 1. The first-order valence-electron chi connectivity index (χ1n) is 8.73. The first-order chi connectivity index (χ1) is 12.2. The first-order valence-corrected chi connectivity index (χ1v) is 8.73. The molecular formula is C17H25N7O. The fourth-order valence-corrected chi connectivity index (χ4v) is 2.95. The number of hydrogen-bond donors (Lipinski definition) is 1. The van der Waals surface area contributed by atoms with Gasteiger partial charge in [-0.25, -0.2) is 9.97 Å². The van der Waals surface area contributed by atoms with E-state index in [0.29, 0.717) is 13.0 Å². The summed E-state index contributed by atoms with van der Waals surface area (Å²) >= 11 is 0. The van der Waals surface area contributed by atoms with E-state index in [4.69, 9.17) is 0 Å². The lowest BCUT2D eigenvalue weighted by Crippen LogP contribution is -2.49. The number of nitrogens with one attached hydrogen (secondary N) is 1. The topological polar surface area (TPSA) is 79.2 Å². The summed E-state index contributed by atoms with van der Waals surface area (Å²) in [6, 6.07) is 4.00. The van der Waals surface area contributed by atoms with E-state index in [-0.39, 0.29) is 11.9 Å². The minimum absolute atomic E-state index is 0.201. The molecule has 1 aliphatic rings. The van der Waals surface area contributed by atoms with Gasteiger partial charge in [0.15, 0.2) is 0 Å². The van der Waals surface area contributed by atoms with Gasteiger partial charge in [-0.05, 0) is 19.1 Å². The molecule has 1 N–H and O–H groups in total. The molecule has 3 heterocycles. The Labute approximate surface area is 147 Å². The van der Waals surface area contributed by atoms with E-state index in [9.17, 15) is 4.79 Å². The maximum absolute atomic E-state index is 12.4. The number of aromatic nitrogens is 4. The van der Waals surface area contributed by atoms with Gasteiger partial charge in [-0.2, -0.15) is 5.10 Å². The fraction of sp³-hybridized carbons (Fsp3) is 0.529. The molecule has 1 aliphatic heterocycles. The quantitative estimate of drug-likeness (QED) is 0.783. The number of amides is 1. The Morgan fingerprint density at radius 2 is 1.92 bits per heavy atom. The Bertz CT molecular complexity index is 638. The Kier molecular flexibility index (Phi) is 5.95. The molecule has 1 fully saturated rings. The second-order valence-corrected chi connectivity index (χ2v) is 6.25. The fourth-order valence-electron chi connectivity index (χ4n) is 2.95. The molecule has 25 heavy (non-hydrogen) atoms. The number of piperazine rings is 1. The molecule has 2 aromatic heterocycles. The second kappa shape index (κ2) is 8.57. The van der Waals surface area contributed by atoms with Crippen molar-refractivity contribution in [2.75, 3.05) is 37.6 Å². The number of carbonyl (C=O) groups excluding carboxylic acids is 1. The van der Waals surface area contributed by atoms with E-state index in [2.05, 4.69) is 32.2 Å². The summed E-state index contributed by atoms with van der Waals surface area (Å²) in [5.41, 5.74) is 0. The number of hydrogen-bond acceptors (Lipinski definition) is 6. The van der Waals surface area contributed by atoms with Crippen molar-refractivity contribution in [2.24, 2.45) is 0 Å². The van der Waals surface area contributed by atoms with Crippen molar-refractivity contribution in [3.63, 3.8) is 0 Å². The van der Waals surface area contributed by atoms with Crippen LogP contribution >= 0.6 is 0 Å². The Morgan fingerprint density at radius 3 is 2.60 bits per heavy atom. The minimum Gasteiger partial charge on any atom is -0.339 e. The molecule has 8 nitrogen and oxygen atoms in total. The van der Waals surface area contributed by atoms with Gasteiger partial charge >= 0.3 is 0 Å². The van der Waals surface area contributed by atoms with Crippen LogP contribution in [-0.2, 0) is 11.3 Å². The van der Waals surface area contributed by atoms with E-state index in [1.165, 1.54) is 0 Å². The minimum atomic E-state index is 0.201. The number of nitrogens with zero attached hydrogens (tertiary/aromatic N) is 6. The van der Waals surface area contributed by atoms with Gasteiger partial charge in [0.25, 0.3) is 0 Å². The lowest BCUT2D eigenvalue weighted by molar-refractivity contribution is -0.131. The average molecular weight is 343 g/mol. The van der Waals surface area contributed by atoms with Crippen LogP contribution in [0, 0.1) is 0 Å². The highest BCUT2D eigenvalue weighted by Crippen LogP contribution is 2.10. The zero-order valence-corrected chi connectivity index (χ0v) is 14.6. The van der Waals surface area contributed by atoms with Crippen LogP contribution in [0.4, 0.5) is 5.95 Å². The Balaban J connectivity index is 1.35. The predicted octanol–water partition coefficient (Wildman–Crippen LogP) is 0.390. The molecule has 2 aromatic rings. The van der Waals surface area contributed by atoms with E-state index < -0.39 is 0 Å². The van der Waals surface area contributed by atoms with Crippen molar-refractivity contribution in [3.8, 4) is 0 Å². The van der Waals surface area contributed by atoms with Crippen LogP contribution in [0.5, 0.6) is 0 Å². The molecule has 8 heteroatoms. The lowest BCUT2D eigenvalue weighted by Gasteiger charge is -2.34. The van der Waals surface area contributed by atoms with Crippen molar-refractivity contribution in [1.82, 2.24) is 30.0 Å². The molecule has 3 rings (SSSR count). The Morgan fingerprint density at radius 1 is 1.16 bits per heavy atom. The predicted molar refractivity (Wildman–Crippen MR) is 95.1 cm³/mol. The first kappa shape index (κ1) is 17.3. The van der Waals surface area contributed by atoms with E-state index in [1.807, 2.05) is 27.9 Å². The van der Waals surface area contributed by atoms with Crippen LogP contribution in [0.3, 0.4) is 0 Å². The third-order valence-corrected chi connectivity index (χ3v) is 4.32. The van der Waals surface area contributed by atoms with E-state index in [0.717, 1.165) is 38.7 Å². The third-order valence-electron chi connectivity index (χ3n) is 4.32. The van der Waals surface area contributed by atoms with Crippen LogP contribution < -0.4 is 10.2 Å². The molecule has 0 saturated carbocycles. The largest absolute Gasteiger partial charge is 0.339 e. The standard InChI is InChI=1S/C17H25N7O/c1-15(14-24-9-3-7-21-24)18-8-4-16(25)22-10-12-23(13-11-22)17-19-5-2-6-20-17/h2-3,5-7,9,15,18H,4,8,10-14H2,1H3/t15-/m0/s1. The molecule has 134 valence electrons. The molecule has 0 aromatic carbocycles. The summed E-state index contributed by atoms with van der Waals surface area (Å²) in [6.45, 7) is 6.59. The number of rotatable bonds is 7. The molecule has 0 aliphatic carbocycles. The summed E-state index contributed by atoms with van der Waals surface area (Å²) in [7, 11) is 0. The maximum Gasteiger partial charge on any atom is 0.225 e. The summed E-state index contributed by atoms with van der Waals surface area (Å²) in [4.78, 5) is 24.9. The van der Waals surface area contributed by atoms with Gasteiger partial charge in [-0.3, -0.25) is 9.48 Å². The SMILES string of the molecule is C[C@@H](Cn1cccn1)NCCC(=O)N1CCN(c2ncccn2)CC1. The van der Waals surface area contributed by atoms with Gasteiger partial charge in [0.2, 0.25) is 11.9 Å². The molecule has 0 bridgehead atoms. The van der Waals surface area contributed by atoms with Crippen molar-refractivity contribution in [2.45, 2.75) is 25.9 Å². The monoisotopic (exact) mass is 343 g/mol. The van der Waals surface area contributed by atoms with Crippen molar-refractivity contribution >= 4 is 11.9 Å². The summed E-state index contributed by atoms with van der Waals surface area (Å²) < 4.78 is 1.89. The molecule has 0 spiro atoms.